The fourth-order valence-electron chi connectivity index (χ4n) is 1.15. The van der Waals surface area contributed by atoms with Crippen LogP contribution in [0.4, 0.5) is 0 Å². The van der Waals surface area contributed by atoms with Crippen LogP contribution in [0.1, 0.15) is 6.42 Å². The zero-order valence-electron chi connectivity index (χ0n) is 9.17. The number of amides is 1. The van der Waals surface area contributed by atoms with Crippen LogP contribution in [0, 0.1) is 0 Å². The number of carbonyl (C=O) groups is 2. The summed E-state index contributed by atoms with van der Waals surface area (Å²) < 4.78 is 0. The van der Waals surface area contributed by atoms with Crippen molar-refractivity contribution in [3.8, 4) is 0 Å². The number of aliphatic carboxylic acids is 1. The molecule has 1 amide bonds. The van der Waals surface area contributed by atoms with E-state index < -0.39 is 17.9 Å². The van der Waals surface area contributed by atoms with E-state index >= 15 is 0 Å². The largest absolute Gasteiger partial charge is 0.480 e. The lowest BCUT2D eigenvalue weighted by molar-refractivity contribution is -0.140. The Labute approximate surface area is 99.0 Å². The maximum absolute atomic E-state index is 11.5. The third-order valence-corrected chi connectivity index (χ3v) is 2.00. The van der Waals surface area contributed by atoms with Crippen LogP contribution in [0.25, 0.3) is 0 Å². The normalized spacial score (nSPS) is 24.4. The van der Waals surface area contributed by atoms with Gasteiger partial charge in [0.2, 0.25) is 5.91 Å². The number of hydrogen-bond acceptors (Lipinski definition) is 3. The molecule has 5 nitrogen and oxygen atoms in total. The van der Waals surface area contributed by atoms with Gasteiger partial charge in [0, 0.05) is 5.70 Å². The molecule has 0 aliphatic heterocycles. The van der Waals surface area contributed by atoms with Gasteiger partial charge in [0.15, 0.2) is 0 Å². The second-order valence-corrected chi connectivity index (χ2v) is 3.45. The lowest BCUT2D eigenvalue weighted by Crippen LogP contribution is -2.36. The Balaban J connectivity index is 2.53. The Morgan fingerprint density at radius 1 is 1.24 bits per heavy atom. The minimum atomic E-state index is -1.19. The third-order valence-electron chi connectivity index (χ3n) is 2.00. The van der Waals surface area contributed by atoms with Crippen molar-refractivity contribution in [3.63, 3.8) is 0 Å². The van der Waals surface area contributed by atoms with Crippen LogP contribution in [0.2, 0.25) is 0 Å². The van der Waals surface area contributed by atoms with Crippen molar-refractivity contribution in [1.29, 1.82) is 0 Å². The quantitative estimate of drug-likeness (QED) is 0.659. The van der Waals surface area contributed by atoms with Crippen molar-refractivity contribution >= 4 is 11.9 Å². The van der Waals surface area contributed by atoms with E-state index in [9.17, 15) is 9.59 Å². The molecule has 4 N–H and O–H groups in total. The predicted octanol–water partition coefficient (Wildman–Crippen LogP) is 0.471. The van der Waals surface area contributed by atoms with Crippen molar-refractivity contribution in [2.24, 2.45) is 5.73 Å². The molecule has 17 heavy (non-hydrogen) atoms. The minimum absolute atomic E-state index is 0.250. The van der Waals surface area contributed by atoms with E-state index in [-0.39, 0.29) is 6.42 Å². The van der Waals surface area contributed by atoms with E-state index in [0.29, 0.717) is 5.70 Å². The molecule has 1 aliphatic rings. The third kappa shape index (κ3) is 4.94. The van der Waals surface area contributed by atoms with Gasteiger partial charge < -0.3 is 16.2 Å². The lowest BCUT2D eigenvalue weighted by atomic mass is 10.2. The summed E-state index contributed by atoms with van der Waals surface area (Å²) in [5.41, 5.74) is 5.85. The smallest absolute Gasteiger partial charge is 0.321 e. The van der Waals surface area contributed by atoms with Gasteiger partial charge in [-0.25, -0.2) is 0 Å². The van der Waals surface area contributed by atoms with Gasteiger partial charge in [-0.2, -0.15) is 0 Å². The van der Waals surface area contributed by atoms with E-state index in [2.05, 4.69) is 5.32 Å². The number of carbonyl (C=O) groups excluding carboxylic acids is 1. The first-order valence-corrected chi connectivity index (χ1v) is 5.09. The van der Waals surface area contributed by atoms with Gasteiger partial charge in [0.25, 0.3) is 0 Å². The highest BCUT2D eigenvalue weighted by molar-refractivity contribution is 5.85. The van der Waals surface area contributed by atoms with E-state index in [1.807, 2.05) is 18.2 Å². The molecule has 0 fully saturated rings. The van der Waals surface area contributed by atoms with E-state index in [1.54, 1.807) is 24.3 Å². The number of nitrogens with one attached hydrogen (secondary N) is 1. The number of allylic oxidation sites excluding steroid dienone is 7. The zero-order chi connectivity index (χ0) is 12.7. The van der Waals surface area contributed by atoms with Crippen molar-refractivity contribution in [2.45, 2.75) is 12.5 Å². The Bertz CT molecular complexity index is 419. The Kier molecular flexibility index (Phi) is 4.90. The van der Waals surface area contributed by atoms with Gasteiger partial charge in [-0.1, -0.05) is 30.4 Å². The van der Waals surface area contributed by atoms with Crippen molar-refractivity contribution in [2.75, 3.05) is 0 Å². The first kappa shape index (κ1) is 12.9. The van der Waals surface area contributed by atoms with E-state index in [4.69, 9.17) is 10.8 Å². The SMILES string of the molecule is NC(CC(=O)NC1=C/C=C\C=C/C=C\1)C(=O)O. The minimum Gasteiger partial charge on any atom is -0.480 e. The maximum atomic E-state index is 11.5. The molecule has 0 saturated heterocycles. The number of hydrogen-bond donors (Lipinski definition) is 3. The number of nitrogens with two attached hydrogens (primary N) is 1. The molecule has 0 heterocycles. The van der Waals surface area contributed by atoms with Gasteiger partial charge in [-0.3, -0.25) is 9.59 Å². The predicted molar refractivity (Wildman–Crippen MR) is 63.9 cm³/mol. The van der Waals surface area contributed by atoms with Crippen LogP contribution >= 0.6 is 0 Å². The second kappa shape index (κ2) is 6.44. The molecule has 0 bridgehead atoms. The molecule has 0 aromatic carbocycles. The van der Waals surface area contributed by atoms with Crippen molar-refractivity contribution in [3.05, 3.63) is 48.2 Å². The van der Waals surface area contributed by atoms with Gasteiger partial charge >= 0.3 is 5.97 Å². The van der Waals surface area contributed by atoms with Crippen LogP contribution in [0.5, 0.6) is 0 Å². The molecular formula is C12H14N2O3. The van der Waals surface area contributed by atoms with Crippen molar-refractivity contribution < 1.29 is 14.7 Å². The molecule has 1 atom stereocenters. The summed E-state index contributed by atoms with van der Waals surface area (Å²) in [5, 5.41) is 11.1. The molecule has 1 aliphatic carbocycles. The van der Waals surface area contributed by atoms with Crippen LogP contribution in [0.15, 0.2) is 48.2 Å². The molecular weight excluding hydrogens is 220 g/mol. The molecule has 0 radical (unpaired) electrons. The fourth-order valence-corrected chi connectivity index (χ4v) is 1.15. The summed E-state index contributed by atoms with van der Waals surface area (Å²) in [6.07, 6.45) is 12.2. The summed E-state index contributed by atoms with van der Waals surface area (Å²) in [5.74, 6) is -1.61. The fraction of sp³-hybridized carbons (Fsp3) is 0.167. The molecule has 0 spiro atoms. The van der Waals surface area contributed by atoms with Gasteiger partial charge in [-0.05, 0) is 12.2 Å². The molecule has 0 aromatic heterocycles. The Hall–Kier alpha value is -2.14. The van der Waals surface area contributed by atoms with Crippen molar-refractivity contribution in [1.82, 2.24) is 5.32 Å². The standard InChI is InChI=1S/C12H14N2O3/c13-10(12(16)17)8-11(15)14-9-6-4-2-1-3-5-7-9/h1-7,10H,8,13H2,(H,14,15)(H,16,17)/b2-1-,3-1?,4-2?,5-3-,6-4-,7-5?,9-6?,9-7+. The first-order valence-electron chi connectivity index (χ1n) is 5.09. The average molecular weight is 234 g/mol. The molecule has 1 unspecified atom stereocenters. The highest BCUT2D eigenvalue weighted by Crippen LogP contribution is 1.99. The van der Waals surface area contributed by atoms with Gasteiger partial charge in [0.05, 0.1) is 6.42 Å². The maximum Gasteiger partial charge on any atom is 0.321 e. The second-order valence-electron chi connectivity index (χ2n) is 3.45. The lowest BCUT2D eigenvalue weighted by Gasteiger charge is -2.08. The summed E-state index contributed by atoms with van der Waals surface area (Å²) in [6, 6.07) is -1.18. The summed E-state index contributed by atoms with van der Waals surface area (Å²) in [4.78, 5) is 21.9. The topological polar surface area (TPSA) is 92.4 Å². The van der Waals surface area contributed by atoms with E-state index in [1.165, 1.54) is 0 Å². The van der Waals surface area contributed by atoms with E-state index in [0.717, 1.165) is 0 Å². The highest BCUT2D eigenvalue weighted by Gasteiger charge is 2.16. The zero-order valence-corrected chi connectivity index (χ0v) is 9.17. The Morgan fingerprint density at radius 3 is 2.59 bits per heavy atom. The Morgan fingerprint density at radius 2 is 1.88 bits per heavy atom. The van der Waals surface area contributed by atoms with Crippen LogP contribution in [-0.2, 0) is 9.59 Å². The summed E-state index contributed by atoms with van der Waals surface area (Å²) in [6.45, 7) is 0. The van der Waals surface area contributed by atoms with Gasteiger partial charge in [-0.15, -0.1) is 0 Å². The monoisotopic (exact) mass is 234 g/mol. The summed E-state index contributed by atoms with van der Waals surface area (Å²) >= 11 is 0. The molecule has 0 aromatic rings. The van der Waals surface area contributed by atoms with Gasteiger partial charge in [0.1, 0.15) is 6.04 Å². The molecule has 1 rings (SSSR count). The molecule has 0 saturated carbocycles. The first-order chi connectivity index (χ1) is 8.09. The van der Waals surface area contributed by atoms with Crippen LogP contribution in [0.3, 0.4) is 0 Å². The van der Waals surface area contributed by atoms with Crippen LogP contribution in [-0.4, -0.2) is 23.0 Å². The number of rotatable bonds is 4. The van der Waals surface area contributed by atoms with Crippen LogP contribution < -0.4 is 11.1 Å². The highest BCUT2D eigenvalue weighted by atomic mass is 16.4. The number of carboxylic acids is 1. The molecule has 5 heteroatoms. The summed E-state index contributed by atoms with van der Waals surface area (Å²) in [7, 11) is 0. The molecule has 90 valence electrons. The average Bonchev–Trinajstić information content (AvgIpc) is 2.21. The number of carboxylic acid groups (broad SMARTS) is 1.